The summed E-state index contributed by atoms with van der Waals surface area (Å²) in [7, 11) is -4.66. The Morgan fingerprint density at radius 2 is 1.97 bits per heavy atom. The van der Waals surface area contributed by atoms with Gasteiger partial charge in [-0.05, 0) is 35.9 Å². The quantitative estimate of drug-likeness (QED) is 0.284. The molecule has 0 amide bonds. The molecule has 0 bridgehead atoms. The zero-order valence-electron chi connectivity index (χ0n) is 20.3. The van der Waals surface area contributed by atoms with Gasteiger partial charge >= 0.3 is 7.82 Å². The molecule has 0 radical (unpaired) electrons. The summed E-state index contributed by atoms with van der Waals surface area (Å²) >= 11 is 6.51. The number of nitrogens with zero attached hydrogens (tertiary/aromatic N) is 2. The maximum absolute atomic E-state index is 11.3. The van der Waals surface area contributed by atoms with Crippen LogP contribution in [0.15, 0.2) is 54.9 Å². The molecule has 2 aromatic carbocycles. The van der Waals surface area contributed by atoms with Crippen LogP contribution < -0.4 is 4.74 Å². The molecule has 1 fully saturated rings. The Labute approximate surface area is 220 Å². The summed E-state index contributed by atoms with van der Waals surface area (Å²) in [5.74, 6) is 7.49. The number of rotatable bonds is 8. The number of aliphatic hydroxyl groups is 1. The normalized spacial score (nSPS) is 18.5. The summed E-state index contributed by atoms with van der Waals surface area (Å²) in [6.45, 7) is 4.24. The first-order valence-electron chi connectivity index (χ1n) is 11.7. The second-order valence-corrected chi connectivity index (χ2v) is 10.5. The molecule has 196 valence electrons. The molecular weight excluding hydrogens is 519 g/mol. The van der Waals surface area contributed by atoms with Crippen molar-refractivity contribution in [2.45, 2.75) is 38.0 Å². The highest BCUT2D eigenvalue weighted by atomic mass is 35.5. The average Bonchev–Trinajstić information content (AvgIpc) is 3.49. The van der Waals surface area contributed by atoms with Gasteiger partial charge in [0.15, 0.2) is 0 Å². The van der Waals surface area contributed by atoms with Crippen molar-refractivity contribution in [2.24, 2.45) is 0 Å². The SMILES string of the molecule is CC(C)c1nccn1[C@@H](C#Cc1ccc(-c2ccc(O[C@H]3COC[C@@H]3O)cc2Cl)cc1)COP(=O)(O)O. The molecule has 3 N–H and O–H groups in total. The molecule has 1 aromatic heterocycles. The lowest BCUT2D eigenvalue weighted by molar-refractivity contribution is 0.0734. The minimum absolute atomic E-state index is 0.0896. The predicted molar refractivity (Wildman–Crippen MR) is 138 cm³/mol. The second kappa shape index (κ2) is 11.8. The van der Waals surface area contributed by atoms with Gasteiger partial charge in [0.25, 0.3) is 0 Å². The van der Waals surface area contributed by atoms with Crippen LogP contribution in [-0.2, 0) is 13.8 Å². The summed E-state index contributed by atoms with van der Waals surface area (Å²) in [4.78, 5) is 22.7. The molecule has 3 aromatic rings. The zero-order chi connectivity index (χ0) is 26.6. The first-order valence-corrected chi connectivity index (χ1v) is 13.6. The molecule has 1 aliphatic rings. The molecule has 4 rings (SSSR count). The van der Waals surface area contributed by atoms with Crippen molar-refractivity contribution in [3.8, 4) is 28.7 Å². The van der Waals surface area contributed by atoms with Crippen LogP contribution >= 0.6 is 19.4 Å². The number of imidazole rings is 1. The lowest BCUT2D eigenvalue weighted by Crippen LogP contribution is -2.29. The van der Waals surface area contributed by atoms with Crippen LogP contribution in [0.3, 0.4) is 0 Å². The number of hydrogen-bond donors (Lipinski definition) is 3. The molecule has 0 unspecified atom stereocenters. The van der Waals surface area contributed by atoms with E-state index in [4.69, 9.17) is 35.4 Å². The van der Waals surface area contributed by atoms with Crippen LogP contribution in [0.5, 0.6) is 5.75 Å². The molecular formula is C26H28ClN2O7P. The molecule has 1 aliphatic heterocycles. The van der Waals surface area contributed by atoms with Crippen molar-refractivity contribution in [2.75, 3.05) is 19.8 Å². The Bertz CT molecular complexity index is 1330. The van der Waals surface area contributed by atoms with Gasteiger partial charge in [0.2, 0.25) is 0 Å². The largest absolute Gasteiger partial charge is 0.485 e. The van der Waals surface area contributed by atoms with E-state index >= 15 is 0 Å². The molecule has 2 heterocycles. The highest BCUT2D eigenvalue weighted by Crippen LogP contribution is 2.37. The summed E-state index contributed by atoms with van der Waals surface area (Å²) in [5, 5.41) is 10.4. The molecule has 3 atom stereocenters. The fraction of sp³-hybridized carbons (Fsp3) is 0.346. The van der Waals surface area contributed by atoms with Crippen molar-refractivity contribution in [1.82, 2.24) is 9.55 Å². The van der Waals surface area contributed by atoms with Crippen LogP contribution in [0.1, 0.15) is 37.2 Å². The Balaban J connectivity index is 1.51. The molecule has 11 heteroatoms. The van der Waals surface area contributed by atoms with E-state index in [1.807, 2.05) is 44.2 Å². The van der Waals surface area contributed by atoms with E-state index in [1.54, 1.807) is 29.1 Å². The molecule has 0 spiro atoms. The van der Waals surface area contributed by atoms with E-state index in [1.165, 1.54) is 0 Å². The third kappa shape index (κ3) is 7.22. The van der Waals surface area contributed by atoms with Crippen LogP contribution in [0.4, 0.5) is 0 Å². The number of phosphoric ester groups is 1. The maximum Gasteiger partial charge on any atom is 0.469 e. The van der Waals surface area contributed by atoms with Crippen molar-refractivity contribution < 1.29 is 33.5 Å². The highest BCUT2D eigenvalue weighted by Gasteiger charge is 2.28. The van der Waals surface area contributed by atoms with Gasteiger partial charge in [0.1, 0.15) is 29.8 Å². The molecule has 37 heavy (non-hydrogen) atoms. The number of phosphoric acid groups is 1. The summed E-state index contributed by atoms with van der Waals surface area (Å²) < 4.78 is 28.8. The van der Waals surface area contributed by atoms with Crippen molar-refractivity contribution in [3.63, 3.8) is 0 Å². The highest BCUT2D eigenvalue weighted by molar-refractivity contribution is 7.46. The second-order valence-electron chi connectivity index (χ2n) is 8.90. The number of ether oxygens (including phenoxy) is 2. The van der Waals surface area contributed by atoms with Gasteiger partial charge in [-0.2, -0.15) is 0 Å². The lowest BCUT2D eigenvalue weighted by Gasteiger charge is -2.17. The fourth-order valence-electron chi connectivity index (χ4n) is 3.91. The van der Waals surface area contributed by atoms with Crippen LogP contribution in [-0.4, -0.2) is 56.5 Å². The topological polar surface area (TPSA) is 123 Å². The van der Waals surface area contributed by atoms with Crippen molar-refractivity contribution in [3.05, 3.63) is 71.3 Å². The smallest absolute Gasteiger partial charge is 0.469 e. The maximum atomic E-state index is 11.3. The van der Waals surface area contributed by atoms with Crippen molar-refractivity contribution in [1.29, 1.82) is 0 Å². The summed E-state index contributed by atoms with van der Waals surface area (Å²) in [6.07, 6.45) is 2.26. The third-order valence-corrected chi connectivity index (χ3v) is 6.56. The summed E-state index contributed by atoms with van der Waals surface area (Å²) in [5.41, 5.74) is 2.40. The number of aromatic nitrogens is 2. The standard InChI is InChI=1S/C26H28ClN2O7P/c1-17(2)26-28-11-12-29(26)20(14-35-37(31,32)33)8-5-18-3-6-19(7-4-18)22-10-9-21(13-23(22)27)36-25-16-34-15-24(25)30/h3-4,6-7,9-13,17,20,24-25,30H,14-16H2,1-2H3,(H2,31,32,33)/t20-,24-,25-/m0/s1. The lowest BCUT2D eigenvalue weighted by atomic mass is 10.0. The van der Waals surface area contributed by atoms with Gasteiger partial charge in [-0.3, -0.25) is 4.52 Å². The monoisotopic (exact) mass is 546 g/mol. The van der Waals surface area contributed by atoms with Crippen LogP contribution in [0.2, 0.25) is 5.02 Å². The van der Waals surface area contributed by atoms with Gasteiger partial charge in [-0.1, -0.05) is 49.4 Å². The first kappa shape index (κ1) is 27.4. The number of benzene rings is 2. The van der Waals surface area contributed by atoms with Gasteiger partial charge in [-0.15, -0.1) is 0 Å². The van der Waals surface area contributed by atoms with E-state index in [-0.39, 0.29) is 19.1 Å². The predicted octanol–water partition coefficient (Wildman–Crippen LogP) is 4.17. The molecule has 0 saturated carbocycles. The Kier molecular flexibility index (Phi) is 8.73. The molecule has 0 aliphatic carbocycles. The minimum atomic E-state index is -4.66. The number of halogens is 1. The zero-order valence-corrected chi connectivity index (χ0v) is 22.0. The third-order valence-electron chi connectivity index (χ3n) is 5.76. The number of hydrogen-bond acceptors (Lipinski definition) is 6. The van der Waals surface area contributed by atoms with E-state index in [2.05, 4.69) is 16.8 Å². The van der Waals surface area contributed by atoms with E-state index < -0.39 is 26.1 Å². The fourth-order valence-corrected chi connectivity index (χ4v) is 4.52. The minimum Gasteiger partial charge on any atom is -0.485 e. The first-order chi connectivity index (χ1) is 17.6. The molecule has 1 saturated heterocycles. The summed E-state index contributed by atoms with van der Waals surface area (Å²) in [6, 6.07) is 12.2. The van der Waals surface area contributed by atoms with E-state index in [0.29, 0.717) is 22.9 Å². The average molecular weight is 547 g/mol. The van der Waals surface area contributed by atoms with Crippen LogP contribution in [0, 0.1) is 11.8 Å². The number of aliphatic hydroxyl groups excluding tert-OH is 1. The van der Waals surface area contributed by atoms with E-state index in [0.717, 1.165) is 17.0 Å². The van der Waals surface area contributed by atoms with Gasteiger partial charge in [0, 0.05) is 29.4 Å². The van der Waals surface area contributed by atoms with Gasteiger partial charge in [0.05, 0.1) is 24.8 Å². The Morgan fingerprint density at radius 3 is 2.59 bits per heavy atom. The van der Waals surface area contributed by atoms with Crippen molar-refractivity contribution >= 4 is 19.4 Å². The van der Waals surface area contributed by atoms with Gasteiger partial charge in [-0.25, -0.2) is 9.55 Å². The van der Waals surface area contributed by atoms with Crippen LogP contribution in [0.25, 0.3) is 11.1 Å². The molecule has 9 nitrogen and oxygen atoms in total. The van der Waals surface area contributed by atoms with E-state index in [9.17, 15) is 9.67 Å². The Morgan fingerprint density at radius 1 is 1.22 bits per heavy atom. The van der Waals surface area contributed by atoms with Gasteiger partial charge < -0.3 is 28.9 Å². The Hall–Kier alpha value is -2.67.